The number of rotatable bonds is 2. The maximum absolute atomic E-state index is 9.52. The summed E-state index contributed by atoms with van der Waals surface area (Å²) in [6, 6.07) is 13.2. The van der Waals surface area contributed by atoms with Crippen LogP contribution < -0.4 is 5.73 Å². The Bertz CT molecular complexity index is 963. The Morgan fingerprint density at radius 1 is 1.08 bits per heavy atom. The predicted octanol–water partition coefficient (Wildman–Crippen LogP) is 4.92. The van der Waals surface area contributed by atoms with Gasteiger partial charge in [0, 0.05) is 10.6 Å². The molecule has 1 heterocycles. The van der Waals surface area contributed by atoms with Gasteiger partial charge in [-0.15, -0.1) is 0 Å². The molecule has 0 aliphatic rings. The third kappa shape index (κ3) is 2.84. The minimum Gasteiger partial charge on any atom is -0.382 e. The van der Waals surface area contributed by atoms with Crippen molar-refractivity contribution < 1.29 is 0 Å². The normalized spacial score (nSPS) is 10.6. The van der Waals surface area contributed by atoms with E-state index in [-0.39, 0.29) is 5.82 Å². The summed E-state index contributed by atoms with van der Waals surface area (Å²) >= 11 is 12.5. The second kappa shape index (κ2) is 6.20. The fourth-order valence-electron chi connectivity index (χ4n) is 2.58. The van der Waals surface area contributed by atoms with Crippen molar-refractivity contribution in [2.24, 2.45) is 0 Å². The van der Waals surface area contributed by atoms with Gasteiger partial charge in [-0.25, -0.2) is 4.68 Å². The van der Waals surface area contributed by atoms with Crippen LogP contribution in [-0.4, -0.2) is 9.78 Å². The second-order valence-corrected chi connectivity index (χ2v) is 6.45. The van der Waals surface area contributed by atoms with Crippen LogP contribution in [0.15, 0.2) is 36.4 Å². The average molecular weight is 357 g/mol. The molecule has 0 bridgehead atoms. The number of anilines is 1. The van der Waals surface area contributed by atoms with E-state index < -0.39 is 0 Å². The monoisotopic (exact) mass is 356 g/mol. The van der Waals surface area contributed by atoms with Gasteiger partial charge in [-0.05, 0) is 49.2 Å². The van der Waals surface area contributed by atoms with Gasteiger partial charge in [0.05, 0.1) is 10.7 Å². The highest BCUT2D eigenvalue weighted by Crippen LogP contribution is 2.34. The summed E-state index contributed by atoms with van der Waals surface area (Å²) in [4.78, 5) is 0. The summed E-state index contributed by atoms with van der Waals surface area (Å²) in [5.74, 6) is 0.255. The lowest BCUT2D eigenvalue weighted by atomic mass is 10.1. The summed E-state index contributed by atoms with van der Waals surface area (Å²) < 4.78 is 1.52. The first-order chi connectivity index (χ1) is 11.4. The molecule has 0 radical (unpaired) electrons. The minimum atomic E-state index is 0.255. The van der Waals surface area contributed by atoms with Gasteiger partial charge in [0.25, 0.3) is 0 Å². The lowest BCUT2D eigenvalue weighted by Gasteiger charge is -2.06. The van der Waals surface area contributed by atoms with E-state index in [0.717, 1.165) is 11.1 Å². The van der Waals surface area contributed by atoms with Gasteiger partial charge < -0.3 is 5.73 Å². The minimum absolute atomic E-state index is 0.255. The average Bonchev–Trinajstić information content (AvgIpc) is 2.83. The zero-order valence-corrected chi connectivity index (χ0v) is 14.7. The van der Waals surface area contributed by atoms with Crippen LogP contribution in [0.2, 0.25) is 10.0 Å². The van der Waals surface area contributed by atoms with Gasteiger partial charge in [-0.3, -0.25) is 0 Å². The first-order valence-corrected chi connectivity index (χ1v) is 7.99. The second-order valence-electron chi connectivity index (χ2n) is 5.60. The van der Waals surface area contributed by atoms with Crippen molar-refractivity contribution in [3.05, 3.63) is 63.1 Å². The van der Waals surface area contributed by atoms with Crippen LogP contribution in [0.1, 0.15) is 16.7 Å². The predicted molar refractivity (Wildman–Crippen MR) is 97.6 cm³/mol. The first kappa shape index (κ1) is 16.4. The molecule has 0 aliphatic carbocycles. The van der Waals surface area contributed by atoms with Gasteiger partial charge in [0.15, 0.2) is 0 Å². The maximum Gasteiger partial charge on any atom is 0.145 e. The Balaban J connectivity index is 2.25. The number of benzene rings is 2. The summed E-state index contributed by atoms with van der Waals surface area (Å²) in [7, 11) is 0. The molecule has 3 aromatic rings. The van der Waals surface area contributed by atoms with Crippen LogP contribution in [0.3, 0.4) is 0 Å². The van der Waals surface area contributed by atoms with Gasteiger partial charge in [-0.1, -0.05) is 35.3 Å². The zero-order chi connectivity index (χ0) is 17.4. The zero-order valence-electron chi connectivity index (χ0n) is 13.1. The highest BCUT2D eigenvalue weighted by atomic mass is 35.5. The van der Waals surface area contributed by atoms with Crippen LogP contribution >= 0.6 is 23.2 Å². The topological polar surface area (TPSA) is 67.6 Å². The van der Waals surface area contributed by atoms with Crippen LogP contribution in [-0.2, 0) is 0 Å². The molecule has 6 heteroatoms. The molecule has 120 valence electrons. The van der Waals surface area contributed by atoms with Crippen molar-refractivity contribution in [2.75, 3.05) is 5.73 Å². The standard InChI is InChI=1S/C18H14Cl2N4/c1-10-3-4-14(16(20)7-10)17-15(9-21)18(22)24(23-17)13-6-11(2)5-12(19)8-13/h3-8H,22H2,1-2H3. The Morgan fingerprint density at radius 2 is 1.83 bits per heavy atom. The fourth-order valence-corrected chi connectivity index (χ4v) is 3.19. The van der Waals surface area contributed by atoms with E-state index in [4.69, 9.17) is 28.9 Å². The van der Waals surface area contributed by atoms with Crippen molar-refractivity contribution in [1.82, 2.24) is 9.78 Å². The molecule has 1 aromatic heterocycles. The Hall–Kier alpha value is -2.48. The van der Waals surface area contributed by atoms with E-state index in [1.54, 1.807) is 6.07 Å². The lowest BCUT2D eigenvalue weighted by Crippen LogP contribution is -2.02. The lowest BCUT2D eigenvalue weighted by molar-refractivity contribution is 0.893. The number of nitrogens with two attached hydrogens (primary N) is 1. The first-order valence-electron chi connectivity index (χ1n) is 7.23. The molecular weight excluding hydrogens is 343 g/mol. The van der Waals surface area contributed by atoms with Crippen LogP contribution in [0, 0.1) is 25.2 Å². The maximum atomic E-state index is 9.52. The van der Waals surface area contributed by atoms with Crippen molar-refractivity contribution in [1.29, 1.82) is 5.26 Å². The molecule has 24 heavy (non-hydrogen) atoms. The van der Waals surface area contributed by atoms with Crippen LogP contribution in [0.25, 0.3) is 16.9 Å². The molecule has 0 amide bonds. The fraction of sp³-hybridized carbons (Fsp3) is 0.111. The van der Waals surface area contributed by atoms with E-state index in [1.807, 2.05) is 44.2 Å². The number of nitrogen functional groups attached to an aromatic ring is 1. The summed E-state index contributed by atoms with van der Waals surface area (Å²) in [5, 5.41) is 15.1. The molecule has 0 fully saturated rings. The smallest absolute Gasteiger partial charge is 0.145 e. The molecule has 3 rings (SSSR count). The number of nitriles is 1. The Labute approximate surface area is 150 Å². The van der Waals surface area contributed by atoms with E-state index in [9.17, 15) is 5.26 Å². The Kier molecular flexibility index (Phi) is 4.23. The number of aryl methyl sites for hydroxylation is 2. The third-order valence-corrected chi connectivity index (χ3v) is 4.22. The third-order valence-electron chi connectivity index (χ3n) is 3.68. The molecule has 0 spiro atoms. The quantitative estimate of drug-likeness (QED) is 0.708. The Morgan fingerprint density at radius 3 is 2.46 bits per heavy atom. The molecular formula is C18H14Cl2N4. The summed E-state index contributed by atoms with van der Waals surface area (Å²) in [6.07, 6.45) is 0. The van der Waals surface area contributed by atoms with Crippen LogP contribution in [0.4, 0.5) is 5.82 Å². The molecule has 0 atom stereocenters. The SMILES string of the molecule is Cc1cc(Cl)cc(-n2nc(-c3ccc(C)cc3Cl)c(C#N)c2N)c1. The molecule has 0 saturated heterocycles. The number of hydrogen-bond donors (Lipinski definition) is 1. The molecule has 0 unspecified atom stereocenters. The van der Waals surface area contributed by atoms with Gasteiger partial charge in [0.2, 0.25) is 0 Å². The number of nitrogens with zero attached hydrogens (tertiary/aromatic N) is 3. The number of halogens is 2. The summed E-state index contributed by atoms with van der Waals surface area (Å²) in [5.41, 5.74) is 10.3. The molecule has 2 N–H and O–H groups in total. The largest absolute Gasteiger partial charge is 0.382 e. The molecule has 0 saturated carbocycles. The van der Waals surface area contributed by atoms with Gasteiger partial charge >= 0.3 is 0 Å². The number of aromatic nitrogens is 2. The number of hydrogen-bond acceptors (Lipinski definition) is 3. The van der Waals surface area contributed by atoms with E-state index in [2.05, 4.69) is 11.2 Å². The van der Waals surface area contributed by atoms with E-state index in [0.29, 0.717) is 32.6 Å². The highest BCUT2D eigenvalue weighted by molar-refractivity contribution is 6.33. The van der Waals surface area contributed by atoms with Gasteiger partial charge in [-0.2, -0.15) is 10.4 Å². The van der Waals surface area contributed by atoms with E-state index in [1.165, 1.54) is 4.68 Å². The van der Waals surface area contributed by atoms with Crippen molar-refractivity contribution >= 4 is 29.0 Å². The highest BCUT2D eigenvalue weighted by Gasteiger charge is 2.20. The van der Waals surface area contributed by atoms with Crippen molar-refractivity contribution in [3.8, 4) is 23.0 Å². The molecule has 4 nitrogen and oxygen atoms in total. The molecule has 2 aromatic carbocycles. The molecule has 0 aliphatic heterocycles. The van der Waals surface area contributed by atoms with Crippen molar-refractivity contribution in [3.63, 3.8) is 0 Å². The van der Waals surface area contributed by atoms with Crippen LogP contribution in [0.5, 0.6) is 0 Å². The summed E-state index contributed by atoms with van der Waals surface area (Å²) in [6.45, 7) is 3.88. The van der Waals surface area contributed by atoms with Gasteiger partial charge in [0.1, 0.15) is 23.1 Å². The van der Waals surface area contributed by atoms with E-state index >= 15 is 0 Å². The van der Waals surface area contributed by atoms with Crippen molar-refractivity contribution in [2.45, 2.75) is 13.8 Å².